The highest BCUT2D eigenvalue weighted by molar-refractivity contribution is 5.85. The highest BCUT2D eigenvalue weighted by Crippen LogP contribution is 2.37. The van der Waals surface area contributed by atoms with Gasteiger partial charge in [-0.3, -0.25) is 4.79 Å². The fourth-order valence-corrected chi connectivity index (χ4v) is 4.33. The van der Waals surface area contributed by atoms with Gasteiger partial charge in [-0.25, -0.2) is 0 Å². The van der Waals surface area contributed by atoms with E-state index in [1.807, 2.05) is 11.8 Å². The minimum atomic E-state index is -0.609. The molecule has 0 aromatic rings. The van der Waals surface area contributed by atoms with E-state index >= 15 is 0 Å². The Balaban J connectivity index is 1.73. The van der Waals surface area contributed by atoms with Crippen molar-refractivity contribution in [2.75, 3.05) is 13.2 Å². The summed E-state index contributed by atoms with van der Waals surface area (Å²) in [5.41, 5.74) is -0.609. The van der Waals surface area contributed by atoms with Gasteiger partial charge >= 0.3 is 0 Å². The molecule has 3 fully saturated rings. The van der Waals surface area contributed by atoms with Crippen LogP contribution in [0.2, 0.25) is 0 Å². The van der Waals surface area contributed by atoms with Crippen molar-refractivity contribution >= 4 is 5.91 Å². The van der Waals surface area contributed by atoms with Crippen LogP contribution in [0.15, 0.2) is 0 Å². The molecule has 2 heterocycles. The molecule has 4 heteroatoms. The number of rotatable bonds is 2. The van der Waals surface area contributed by atoms with Gasteiger partial charge in [-0.05, 0) is 45.4 Å². The average molecular weight is 281 g/mol. The molecule has 0 radical (unpaired) electrons. The number of aliphatic hydroxyl groups excluding tert-OH is 1. The summed E-state index contributed by atoms with van der Waals surface area (Å²) in [5.74, 6) is 0.440. The van der Waals surface area contributed by atoms with Gasteiger partial charge in [-0.1, -0.05) is 12.8 Å². The molecule has 0 spiro atoms. The predicted molar refractivity (Wildman–Crippen MR) is 76.3 cm³/mol. The number of amides is 1. The maximum absolute atomic E-state index is 12.8. The van der Waals surface area contributed by atoms with E-state index in [4.69, 9.17) is 4.74 Å². The Hall–Kier alpha value is -0.610. The molecule has 4 atom stereocenters. The Kier molecular flexibility index (Phi) is 4.04. The molecular formula is C16H27NO3. The van der Waals surface area contributed by atoms with E-state index in [1.165, 1.54) is 6.42 Å². The summed E-state index contributed by atoms with van der Waals surface area (Å²) in [6.07, 6.45) is 7.98. The Labute approximate surface area is 121 Å². The molecule has 2 aliphatic heterocycles. The quantitative estimate of drug-likeness (QED) is 0.843. The summed E-state index contributed by atoms with van der Waals surface area (Å²) in [6.45, 7) is 3.48. The van der Waals surface area contributed by atoms with Crippen LogP contribution < -0.4 is 0 Å². The lowest BCUT2D eigenvalue weighted by molar-refractivity contribution is -0.154. The van der Waals surface area contributed by atoms with Crippen molar-refractivity contribution in [3.05, 3.63) is 0 Å². The first-order valence-corrected chi connectivity index (χ1v) is 8.25. The van der Waals surface area contributed by atoms with Crippen molar-refractivity contribution in [3.63, 3.8) is 0 Å². The molecule has 0 aromatic heterocycles. The Bertz CT molecular complexity index is 365. The lowest BCUT2D eigenvalue weighted by Crippen LogP contribution is -2.52. The fraction of sp³-hybridized carbons (Fsp3) is 0.938. The SMILES string of the molecule is CC1(C(=O)N2CCCC2C2CCCCC2O)CCCO1. The largest absolute Gasteiger partial charge is 0.393 e. The predicted octanol–water partition coefficient (Wildman–Crippen LogP) is 2.10. The standard InChI is InChI=1S/C16H27NO3/c1-16(9-5-11-20-16)15(19)17-10-4-7-13(17)12-6-2-3-8-14(12)18/h12-14,18H,2-11H2,1H3. The second-order valence-corrected chi connectivity index (χ2v) is 6.91. The average Bonchev–Trinajstić information content (AvgIpc) is 3.08. The fourth-order valence-electron chi connectivity index (χ4n) is 4.33. The number of carbonyl (C=O) groups excluding carboxylic acids is 1. The van der Waals surface area contributed by atoms with E-state index in [0.29, 0.717) is 6.61 Å². The Morgan fingerprint density at radius 2 is 2.00 bits per heavy atom. The van der Waals surface area contributed by atoms with Crippen LogP contribution in [-0.4, -0.2) is 46.8 Å². The summed E-state index contributed by atoms with van der Waals surface area (Å²) in [6, 6.07) is 0.235. The highest BCUT2D eigenvalue weighted by Gasteiger charge is 2.46. The minimum absolute atomic E-state index is 0.162. The molecule has 1 aliphatic carbocycles. The van der Waals surface area contributed by atoms with Crippen molar-refractivity contribution in [1.29, 1.82) is 0 Å². The van der Waals surface area contributed by atoms with Crippen LogP contribution in [-0.2, 0) is 9.53 Å². The van der Waals surface area contributed by atoms with Crippen molar-refractivity contribution < 1.29 is 14.6 Å². The monoisotopic (exact) mass is 281 g/mol. The smallest absolute Gasteiger partial charge is 0.254 e. The molecule has 0 aromatic carbocycles. The van der Waals surface area contributed by atoms with Gasteiger partial charge < -0.3 is 14.7 Å². The van der Waals surface area contributed by atoms with Gasteiger partial charge in [0.15, 0.2) is 0 Å². The molecule has 3 aliphatic rings. The van der Waals surface area contributed by atoms with Gasteiger partial charge in [-0.15, -0.1) is 0 Å². The number of likely N-dealkylation sites (tertiary alicyclic amines) is 1. The van der Waals surface area contributed by atoms with Crippen molar-refractivity contribution in [2.45, 2.75) is 76.0 Å². The maximum Gasteiger partial charge on any atom is 0.254 e. The molecule has 1 amide bonds. The molecule has 4 unspecified atom stereocenters. The van der Waals surface area contributed by atoms with Crippen molar-refractivity contribution in [3.8, 4) is 0 Å². The second-order valence-electron chi connectivity index (χ2n) is 6.91. The van der Waals surface area contributed by atoms with Crippen LogP contribution >= 0.6 is 0 Å². The lowest BCUT2D eigenvalue weighted by Gasteiger charge is -2.39. The molecule has 2 saturated heterocycles. The van der Waals surface area contributed by atoms with Crippen LogP contribution in [0.3, 0.4) is 0 Å². The topological polar surface area (TPSA) is 49.8 Å². The van der Waals surface area contributed by atoms with E-state index in [-0.39, 0.29) is 24.0 Å². The zero-order chi connectivity index (χ0) is 14.2. The van der Waals surface area contributed by atoms with Gasteiger partial charge in [0.1, 0.15) is 5.60 Å². The molecule has 1 saturated carbocycles. The number of nitrogens with zero attached hydrogens (tertiary/aromatic N) is 1. The first-order chi connectivity index (χ1) is 9.62. The van der Waals surface area contributed by atoms with E-state index < -0.39 is 5.60 Å². The van der Waals surface area contributed by atoms with Gasteiger partial charge in [0.2, 0.25) is 0 Å². The molecule has 20 heavy (non-hydrogen) atoms. The first-order valence-electron chi connectivity index (χ1n) is 8.25. The van der Waals surface area contributed by atoms with E-state index in [1.54, 1.807) is 0 Å². The minimum Gasteiger partial charge on any atom is -0.393 e. The van der Waals surface area contributed by atoms with Crippen LogP contribution in [0, 0.1) is 5.92 Å². The molecular weight excluding hydrogens is 254 g/mol. The number of ether oxygens (including phenoxy) is 1. The summed E-state index contributed by atoms with van der Waals surface area (Å²) >= 11 is 0. The van der Waals surface area contributed by atoms with Crippen LogP contribution in [0.25, 0.3) is 0 Å². The zero-order valence-electron chi connectivity index (χ0n) is 12.5. The maximum atomic E-state index is 12.8. The van der Waals surface area contributed by atoms with Crippen LogP contribution in [0.4, 0.5) is 0 Å². The zero-order valence-corrected chi connectivity index (χ0v) is 12.5. The third kappa shape index (κ3) is 2.48. The van der Waals surface area contributed by atoms with Crippen molar-refractivity contribution in [1.82, 2.24) is 4.90 Å². The van der Waals surface area contributed by atoms with Gasteiger partial charge in [0.25, 0.3) is 5.91 Å². The van der Waals surface area contributed by atoms with Gasteiger partial charge in [-0.2, -0.15) is 0 Å². The molecule has 3 rings (SSSR count). The van der Waals surface area contributed by atoms with Crippen molar-refractivity contribution in [2.24, 2.45) is 5.92 Å². The van der Waals surface area contributed by atoms with Gasteiger partial charge in [0.05, 0.1) is 6.10 Å². The number of hydrogen-bond donors (Lipinski definition) is 1. The number of hydrogen-bond acceptors (Lipinski definition) is 3. The summed E-state index contributed by atoms with van der Waals surface area (Å²) in [5, 5.41) is 10.3. The van der Waals surface area contributed by atoms with E-state index in [0.717, 1.165) is 51.5 Å². The Morgan fingerprint density at radius 3 is 2.70 bits per heavy atom. The third-order valence-corrected chi connectivity index (χ3v) is 5.51. The van der Waals surface area contributed by atoms with Gasteiger partial charge in [0, 0.05) is 25.1 Å². The molecule has 0 bridgehead atoms. The first kappa shape index (κ1) is 14.3. The number of aliphatic hydroxyl groups is 1. The second kappa shape index (κ2) is 5.64. The summed E-state index contributed by atoms with van der Waals surface area (Å²) < 4.78 is 5.72. The van der Waals surface area contributed by atoms with Crippen LogP contribution in [0.1, 0.15) is 58.3 Å². The summed E-state index contributed by atoms with van der Waals surface area (Å²) in [7, 11) is 0. The molecule has 114 valence electrons. The Morgan fingerprint density at radius 1 is 1.20 bits per heavy atom. The highest BCUT2D eigenvalue weighted by atomic mass is 16.5. The lowest BCUT2D eigenvalue weighted by atomic mass is 9.80. The normalized spacial score (nSPS) is 42.1. The van der Waals surface area contributed by atoms with Crippen LogP contribution in [0.5, 0.6) is 0 Å². The van der Waals surface area contributed by atoms with E-state index in [9.17, 15) is 9.90 Å². The number of carbonyl (C=O) groups is 1. The molecule has 4 nitrogen and oxygen atoms in total. The summed E-state index contributed by atoms with van der Waals surface area (Å²) in [4.78, 5) is 14.9. The van der Waals surface area contributed by atoms with E-state index in [2.05, 4.69) is 0 Å². The molecule has 1 N–H and O–H groups in total. The third-order valence-electron chi connectivity index (χ3n) is 5.51.